The molecular formula is C12H14BrN3S. The zero-order valence-corrected chi connectivity index (χ0v) is 12.0. The zero-order valence-electron chi connectivity index (χ0n) is 9.61. The van der Waals surface area contributed by atoms with E-state index in [0.717, 1.165) is 35.6 Å². The molecule has 0 saturated heterocycles. The maximum atomic E-state index is 4.42. The van der Waals surface area contributed by atoms with Crippen LogP contribution in [0.2, 0.25) is 0 Å². The summed E-state index contributed by atoms with van der Waals surface area (Å²) in [6.07, 6.45) is 1.87. The van der Waals surface area contributed by atoms with E-state index in [1.165, 1.54) is 4.88 Å². The minimum atomic E-state index is 0.836. The first-order valence-corrected chi connectivity index (χ1v) is 7.25. The van der Waals surface area contributed by atoms with Crippen LogP contribution in [0.4, 0.5) is 5.82 Å². The van der Waals surface area contributed by atoms with Crippen LogP contribution in [-0.2, 0) is 12.8 Å². The third-order valence-corrected chi connectivity index (χ3v) is 3.66. The number of hydrogen-bond donors (Lipinski definition) is 1. The molecule has 2 aromatic rings. The topological polar surface area (TPSA) is 37.8 Å². The number of nitrogens with one attached hydrogen (secondary N) is 1. The molecule has 0 aliphatic heterocycles. The molecular weight excluding hydrogens is 298 g/mol. The zero-order chi connectivity index (χ0) is 12.1. The molecule has 2 rings (SSSR count). The molecule has 2 heterocycles. The van der Waals surface area contributed by atoms with Crippen molar-refractivity contribution in [3.8, 4) is 0 Å². The molecule has 5 heteroatoms. The minimum Gasteiger partial charge on any atom is -0.370 e. The molecule has 17 heavy (non-hydrogen) atoms. The summed E-state index contributed by atoms with van der Waals surface area (Å²) in [4.78, 5) is 10.1. The Labute approximate surface area is 113 Å². The lowest BCUT2D eigenvalue weighted by molar-refractivity contribution is 0.917. The second kappa shape index (κ2) is 6.12. The lowest BCUT2D eigenvalue weighted by Gasteiger charge is -2.06. The highest BCUT2D eigenvalue weighted by atomic mass is 79.9. The van der Waals surface area contributed by atoms with E-state index in [1.54, 1.807) is 11.3 Å². The van der Waals surface area contributed by atoms with E-state index < -0.39 is 0 Å². The first kappa shape index (κ1) is 12.5. The third-order valence-electron chi connectivity index (χ3n) is 2.32. The van der Waals surface area contributed by atoms with Crippen molar-refractivity contribution in [2.75, 3.05) is 11.9 Å². The van der Waals surface area contributed by atoms with E-state index in [1.807, 2.05) is 6.07 Å². The highest BCUT2D eigenvalue weighted by Crippen LogP contribution is 2.13. The quantitative estimate of drug-likeness (QED) is 0.859. The first-order valence-electron chi connectivity index (χ1n) is 5.57. The summed E-state index contributed by atoms with van der Waals surface area (Å²) in [5, 5.41) is 5.43. The van der Waals surface area contributed by atoms with E-state index in [4.69, 9.17) is 0 Å². The average Bonchev–Trinajstić information content (AvgIpc) is 2.81. The first-order chi connectivity index (χ1) is 8.28. The molecule has 0 spiro atoms. The number of thiophene rings is 1. The molecule has 1 N–H and O–H groups in total. The van der Waals surface area contributed by atoms with Gasteiger partial charge in [0.25, 0.3) is 0 Å². The fourth-order valence-electron chi connectivity index (χ4n) is 1.48. The van der Waals surface area contributed by atoms with Crippen molar-refractivity contribution in [3.05, 3.63) is 38.9 Å². The number of rotatable bonds is 5. The largest absolute Gasteiger partial charge is 0.370 e. The van der Waals surface area contributed by atoms with Gasteiger partial charge >= 0.3 is 0 Å². The van der Waals surface area contributed by atoms with Gasteiger partial charge in [0.15, 0.2) is 0 Å². The standard InChI is InChI=1S/C12H14BrN3S/c1-2-11-15-10(13)8-12(16-11)14-6-5-9-4-3-7-17-9/h3-4,7-8H,2,5-6H2,1H3,(H,14,15,16). The normalized spacial score (nSPS) is 10.5. The van der Waals surface area contributed by atoms with Gasteiger partial charge in [-0.2, -0.15) is 0 Å². The van der Waals surface area contributed by atoms with E-state index in [2.05, 4.69) is 55.7 Å². The number of aryl methyl sites for hydroxylation is 1. The highest BCUT2D eigenvalue weighted by Gasteiger charge is 2.01. The van der Waals surface area contributed by atoms with Gasteiger partial charge in [0, 0.05) is 23.9 Å². The molecule has 90 valence electrons. The lowest BCUT2D eigenvalue weighted by atomic mass is 10.3. The Kier molecular flexibility index (Phi) is 4.50. The van der Waals surface area contributed by atoms with Crippen LogP contribution in [0.25, 0.3) is 0 Å². The Balaban J connectivity index is 1.92. The SMILES string of the molecule is CCc1nc(Br)cc(NCCc2cccs2)n1. The van der Waals surface area contributed by atoms with Gasteiger partial charge in [0.2, 0.25) is 0 Å². The number of hydrogen-bond acceptors (Lipinski definition) is 4. The lowest BCUT2D eigenvalue weighted by Crippen LogP contribution is -2.07. The van der Waals surface area contributed by atoms with Crippen LogP contribution in [-0.4, -0.2) is 16.5 Å². The Morgan fingerprint density at radius 1 is 1.41 bits per heavy atom. The molecule has 0 saturated carbocycles. The van der Waals surface area contributed by atoms with Crippen LogP contribution < -0.4 is 5.32 Å². The predicted octanol–water partition coefficient (Wildman–Crippen LogP) is 3.52. The summed E-state index contributed by atoms with van der Waals surface area (Å²) in [5.74, 6) is 1.75. The molecule has 3 nitrogen and oxygen atoms in total. The van der Waals surface area contributed by atoms with Crippen LogP contribution in [0.1, 0.15) is 17.6 Å². The summed E-state index contributed by atoms with van der Waals surface area (Å²) in [6, 6.07) is 6.14. The predicted molar refractivity (Wildman–Crippen MR) is 75.6 cm³/mol. The van der Waals surface area contributed by atoms with Crippen molar-refractivity contribution < 1.29 is 0 Å². The van der Waals surface area contributed by atoms with Gasteiger partial charge in [-0.25, -0.2) is 9.97 Å². The molecule has 2 aromatic heterocycles. The molecule has 0 aliphatic carbocycles. The van der Waals surface area contributed by atoms with Gasteiger partial charge < -0.3 is 5.32 Å². The molecule has 0 unspecified atom stereocenters. The second-order valence-corrected chi connectivity index (χ2v) is 5.45. The van der Waals surface area contributed by atoms with Crippen LogP contribution in [0.15, 0.2) is 28.2 Å². The Bertz CT molecular complexity index is 471. The van der Waals surface area contributed by atoms with Crippen molar-refractivity contribution in [1.82, 2.24) is 9.97 Å². The van der Waals surface area contributed by atoms with Gasteiger partial charge in [-0.3, -0.25) is 0 Å². The fourth-order valence-corrected chi connectivity index (χ4v) is 2.61. The van der Waals surface area contributed by atoms with Crippen molar-refractivity contribution in [1.29, 1.82) is 0 Å². The van der Waals surface area contributed by atoms with Crippen LogP contribution in [0.5, 0.6) is 0 Å². The molecule has 0 fully saturated rings. The summed E-state index contributed by atoms with van der Waals surface area (Å²) >= 11 is 5.18. The molecule has 0 aromatic carbocycles. The van der Waals surface area contributed by atoms with E-state index >= 15 is 0 Å². The van der Waals surface area contributed by atoms with Crippen molar-refractivity contribution in [2.45, 2.75) is 19.8 Å². The molecule has 0 amide bonds. The van der Waals surface area contributed by atoms with Crippen molar-refractivity contribution in [3.63, 3.8) is 0 Å². The van der Waals surface area contributed by atoms with E-state index in [9.17, 15) is 0 Å². The van der Waals surface area contributed by atoms with E-state index in [0.29, 0.717) is 0 Å². The van der Waals surface area contributed by atoms with Crippen molar-refractivity contribution >= 4 is 33.1 Å². The Hall–Kier alpha value is -0.940. The summed E-state index contributed by atoms with van der Waals surface area (Å²) in [7, 11) is 0. The average molecular weight is 312 g/mol. The molecule has 0 bridgehead atoms. The Morgan fingerprint density at radius 3 is 3.00 bits per heavy atom. The summed E-state index contributed by atoms with van der Waals surface area (Å²) < 4.78 is 0.836. The maximum absolute atomic E-state index is 4.42. The van der Waals surface area contributed by atoms with Crippen molar-refractivity contribution in [2.24, 2.45) is 0 Å². The van der Waals surface area contributed by atoms with Gasteiger partial charge in [0.05, 0.1) is 0 Å². The van der Waals surface area contributed by atoms with Crippen LogP contribution >= 0.6 is 27.3 Å². The summed E-state index contributed by atoms with van der Waals surface area (Å²) in [5.41, 5.74) is 0. The monoisotopic (exact) mass is 311 g/mol. The van der Waals surface area contributed by atoms with Gasteiger partial charge in [0.1, 0.15) is 16.2 Å². The molecule has 0 radical (unpaired) electrons. The number of aromatic nitrogens is 2. The number of nitrogens with zero attached hydrogens (tertiary/aromatic N) is 2. The smallest absolute Gasteiger partial charge is 0.131 e. The minimum absolute atomic E-state index is 0.836. The fraction of sp³-hybridized carbons (Fsp3) is 0.333. The van der Waals surface area contributed by atoms with Crippen LogP contribution in [0, 0.1) is 0 Å². The maximum Gasteiger partial charge on any atom is 0.131 e. The Morgan fingerprint density at radius 2 is 2.29 bits per heavy atom. The van der Waals surface area contributed by atoms with E-state index in [-0.39, 0.29) is 0 Å². The third kappa shape index (κ3) is 3.78. The molecule has 0 atom stereocenters. The summed E-state index contributed by atoms with van der Waals surface area (Å²) in [6.45, 7) is 2.95. The number of anilines is 1. The number of halogens is 1. The van der Waals surface area contributed by atoms with Gasteiger partial charge in [-0.05, 0) is 33.8 Å². The van der Waals surface area contributed by atoms with Gasteiger partial charge in [-0.1, -0.05) is 13.0 Å². The van der Waals surface area contributed by atoms with Gasteiger partial charge in [-0.15, -0.1) is 11.3 Å². The highest BCUT2D eigenvalue weighted by molar-refractivity contribution is 9.10. The van der Waals surface area contributed by atoms with Crippen LogP contribution in [0.3, 0.4) is 0 Å². The second-order valence-electron chi connectivity index (χ2n) is 3.60. The molecule has 0 aliphatic rings.